The summed E-state index contributed by atoms with van der Waals surface area (Å²) in [6.45, 7) is 6.19. The summed E-state index contributed by atoms with van der Waals surface area (Å²) in [6.07, 6.45) is 0. The van der Waals surface area contributed by atoms with Crippen molar-refractivity contribution in [3.63, 3.8) is 0 Å². The van der Waals surface area contributed by atoms with Crippen molar-refractivity contribution in [2.24, 2.45) is 0 Å². The van der Waals surface area contributed by atoms with Crippen molar-refractivity contribution in [2.45, 2.75) is 31.1 Å². The standard InChI is InChI=1S/C17H21NO4S/c1-17(2,3)12-5-8-14(9-6-12)23(20,21)18-13-7-10-16(22-4)15(19)11-13/h5-11,18-19H,1-4H3. The first kappa shape index (κ1) is 17.1. The van der Waals surface area contributed by atoms with Crippen LogP contribution in [-0.4, -0.2) is 20.6 Å². The van der Waals surface area contributed by atoms with E-state index in [0.717, 1.165) is 5.56 Å². The topological polar surface area (TPSA) is 75.6 Å². The molecule has 6 heteroatoms. The van der Waals surface area contributed by atoms with Crippen molar-refractivity contribution in [1.82, 2.24) is 0 Å². The van der Waals surface area contributed by atoms with Gasteiger partial charge in [-0.05, 0) is 35.2 Å². The highest BCUT2D eigenvalue weighted by molar-refractivity contribution is 7.92. The maximum absolute atomic E-state index is 12.4. The van der Waals surface area contributed by atoms with Crippen molar-refractivity contribution < 1.29 is 18.3 Å². The fraction of sp³-hybridized carbons (Fsp3) is 0.294. The van der Waals surface area contributed by atoms with Gasteiger partial charge in [0.15, 0.2) is 11.5 Å². The van der Waals surface area contributed by atoms with E-state index in [2.05, 4.69) is 25.5 Å². The first-order valence-electron chi connectivity index (χ1n) is 7.14. The number of hydrogen-bond donors (Lipinski definition) is 2. The van der Waals surface area contributed by atoms with Gasteiger partial charge in [-0.2, -0.15) is 0 Å². The summed E-state index contributed by atoms with van der Waals surface area (Å²) in [5.41, 5.74) is 1.28. The number of phenolic OH excluding ortho intramolecular Hbond substituents is 1. The number of anilines is 1. The Hall–Kier alpha value is -2.21. The number of sulfonamides is 1. The average molecular weight is 335 g/mol. The molecule has 0 bridgehead atoms. The second-order valence-electron chi connectivity index (χ2n) is 6.27. The van der Waals surface area contributed by atoms with Crippen LogP contribution < -0.4 is 9.46 Å². The Kier molecular flexibility index (Phi) is 4.56. The van der Waals surface area contributed by atoms with Crippen LogP contribution in [0.2, 0.25) is 0 Å². The summed E-state index contributed by atoms with van der Waals surface area (Å²) in [5, 5.41) is 9.72. The van der Waals surface area contributed by atoms with E-state index < -0.39 is 10.0 Å². The van der Waals surface area contributed by atoms with Gasteiger partial charge in [-0.25, -0.2) is 8.42 Å². The van der Waals surface area contributed by atoms with Crippen molar-refractivity contribution >= 4 is 15.7 Å². The maximum atomic E-state index is 12.4. The van der Waals surface area contributed by atoms with Gasteiger partial charge >= 0.3 is 0 Å². The van der Waals surface area contributed by atoms with Gasteiger partial charge < -0.3 is 9.84 Å². The zero-order valence-electron chi connectivity index (χ0n) is 13.6. The van der Waals surface area contributed by atoms with Crippen LogP contribution in [0.1, 0.15) is 26.3 Å². The number of rotatable bonds is 4. The molecule has 124 valence electrons. The minimum atomic E-state index is -3.71. The number of hydrogen-bond acceptors (Lipinski definition) is 4. The lowest BCUT2D eigenvalue weighted by molar-refractivity contribution is 0.373. The highest BCUT2D eigenvalue weighted by Gasteiger charge is 2.18. The lowest BCUT2D eigenvalue weighted by atomic mass is 9.87. The Morgan fingerprint density at radius 3 is 2.13 bits per heavy atom. The van der Waals surface area contributed by atoms with Crippen LogP contribution in [0.25, 0.3) is 0 Å². The zero-order chi connectivity index (χ0) is 17.3. The molecule has 2 rings (SSSR count). The molecule has 0 spiro atoms. The van der Waals surface area contributed by atoms with E-state index in [4.69, 9.17) is 4.74 Å². The Bertz CT molecular complexity index is 790. The van der Waals surface area contributed by atoms with Gasteiger partial charge in [0.2, 0.25) is 0 Å². The number of nitrogens with one attached hydrogen (secondary N) is 1. The molecule has 0 aliphatic heterocycles. The number of phenols is 1. The first-order chi connectivity index (χ1) is 10.6. The Balaban J connectivity index is 2.27. The molecule has 0 heterocycles. The predicted molar refractivity (Wildman–Crippen MR) is 90.6 cm³/mol. The smallest absolute Gasteiger partial charge is 0.261 e. The molecular formula is C17H21NO4S. The Labute approximate surface area is 137 Å². The minimum absolute atomic E-state index is 0.0442. The van der Waals surface area contributed by atoms with E-state index in [9.17, 15) is 13.5 Å². The van der Waals surface area contributed by atoms with Gasteiger partial charge in [-0.15, -0.1) is 0 Å². The third kappa shape index (κ3) is 3.96. The molecule has 0 aromatic heterocycles. The molecule has 2 N–H and O–H groups in total. The van der Waals surface area contributed by atoms with Gasteiger partial charge in [0, 0.05) is 6.07 Å². The summed E-state index contributed by atoms with van der Waals surface area (Å²) >= 11 is 0. The highest BCUT2D eigenvalue weighted by atomic mass is 32.2. The van der Waals surface area contributed by atoms with Gasteiger partial charge in [0.1, 0.15) is 0 Å². The van der Waals surface area contributed by atoms with Crippen LogP contribution >= 0.6 is 0 Å². The maximum Gasteiger partial charge on any atom is 0.261 e. The second kappa shape index (κ2) is 6.12. The number of benzene rings is 2. The average Bonchev–Trinajstić information content (AvgIpc) is 2.46. The zero-order valence-corrected chi connectivity index (χ0v) is 14.4. The van der Waals surface area contributed by atoms with Gasteiger partial charge in [0.05, 0.1) is 17.7 Å². The summed E-state index contributed by atoms with van der Waals surface area (Å²) in [5.74, 6) is 0.151. The van der Waals surface area contributed by atoms with Gasteiger partial charge in [0.25, 0.3) is 10.0 Å². The van der Waals surface area contributed by atoms with Crippen LogP contribution in [0.3, 0.4) is 0 Å². The fourth-order valence-corrected chi connectivity index (χ4v) is 3.15. The SMILES string of the molecule is COc1ccc(NS(=O)(=O)c2ccc(C(C)(C)C)cc2)cc1O. The quantitative estimate of drug-likeness (QED) is 0.896. The van der Waals surface area contributed by atoms with E-state index in [-0.39, 0.29) is 27.5 Å². The van der Waals surface area contributed by atoms with Crippen molar-refractivity contribution in [3.05, 3.63) is 48.0 Å². The monoisotopic (exact) mass is 335 g/mol. The fourth-order valence-electron chi connectivity index (χ4n) is 2.10. The van der Waals surface area contributed by atoms with E-state index >= 15 is 0 Å². The molecule has 0 aliphatic carbocycles. The van der Waals surface area contributed by atoms with Crippen molar-refractivity contribution in [1.29, 1.82) is 0 Å². The van der Waals surface area contributed by atoms with Crippen molar-refractivity contribution in [2.75, 3.05) is 11.8 Å². The van der Waals surface area contributed by atoms with E-state index in [1.54, 1.807) is 24.3 Å². The molecule has 0 saturated heterocycles. The van der Waals surface area contributed by atoms with Crippen LogP contribution in [0.5, 0.6) is 11.5 Å². The molecule has 0 unspecified atom stereocenters. The highest BCUT2D eigenvalue weighted by Crippen LogP contribution is 2.30. The van der Waals surface area contributed by atoms with E-state index in [1.807, 2.05) is 0 Å². The summed E-state index contributed by atoms with van der Waals surface area (Å²) in [7, 11) is -2.29. The molecule has 0 amide bonds. The van der Waals surface area contributed by atoms with Gasteiger partial charge in [-0.1, -0.05) is 32.9 Å². The van der Waals surface area contributed by atoms with Crippen LogP contribution in [0.15, 0.2) is 47.4 Å². The summed E-state index contributed by atoms with van der Waals surface area (Å²) < 4.78 is 32.2. The Morgan fingerprint density at radius 1 is 1.04 bits per heavy atom. The van der Waals surface area contributed by atoms with E-state index in [0.29, 0.717) is 0 Å². The number of methoxy groups -OCH3 is 1. The molecule has 2 aromatic rings. The molecule has 0 atom stereocenters. The molecule has 0 saturated carbocycles. The normalized spacial score (nSPS) is 12.0. The largest absolute Gasteiger partial charge is 0.504 e. The van der Waals surface area contributed by atoms with Crippen LogP contribution in [0.4, 0.5) is 5.69 Å². The number of aromatic hydroxyl groups is 1. The molecule has 0 fully saturated rings. The Morgan fingerprint density at radius 2 is 1.65 bits per heavy atom. The minimum Gasteiger partial charge on any atom is -0.504 e. The molecular weight excluding hydrogens is 314 g/mol. The third-order valence-electron chi connectivity index (χ3n) is 3.46. The molecule has 0 radical (unpaired) electrons. The molecule has 0 aliphatic rings. The predicted octanol–water partition coefficient (Wildman–Crippen LogP) is 3.50. The third-order valence-corrected chi connectivity index (χ3v) is 4.86. The van der Waals surface area contributed by atoms with Gasteiger partial charge in [-0.3, -0.25) is 4.72 Å². The molecule has 2 aromatic carbocycles. The van der Waals surface area contributed by atoms with Crippen molar-refractivity contribution in [3.8, 4) is 11.5 Å². The first-order valence-corrected chi connectivity index (χ1v) is 8.62. The lowest BCUT2D eigenvalue weighted by Crippen LogP contribution is -2.14. The number of ether oxygens (including phenoxy) is 1. The van der Waals surface area contributed by atoms with E-state index in [1.165, 1.54) is 25.3 Å². The van der Waals surface area contributed by atoms with Crippen LogP contribution in [-0.2, 0) is 15.4 Å². The molecule has 5 nitrogen and oxygen atoms in total. The van der Waals surface area contributed by atoms with Crippen LogP contribution in [0, 0.1) is 0 Å². The summed E-state index contributed by atoms with van der Waals surface area (Å²) in [4.78, 5) is 0.167. The lowest BCUT2D eigenvalue weighted by Gasteiger charge is -2.19. The summed E-state index contributed by atoms with van der Waals surface area (Å²) in [6, 6.07) is 11.1. The second-order valence-corrected chi connectivity index (χ2v) is 7.95. The molecule has 23 heavy (non-hydrogen) atoms.